The Bertz CT molecular complexity index is 836. The van der Waals surface area contributed by atoms with Gasteiger partial charge in [0.25, 0.3) is 0 Å². The lowest BCUT2D eigenvalue weighted by atomic mass is 9.65. The zero-order valence-electron chi connectivity index (χ0n) is 14.9. The van der Waals surface area contributed by atoms with Crippen LogP contribution in [-0.4, -0.2) is 0 Å². The summed E-state index contributed by atoms with van der Waals surface area (Å²) in [6.45, 7) is 2.05. The summed E-state index contributed by atoms with van der Waals surface area (Å²) >= 11 is 0. The lowest BCUT2D eigenvalue weighted by Gasteiger charge is -2.40. The van der Waals surface area contributed by atoms with Crippen LogP contribution in [0.1, 0.15) is 49.7 Å². The van der Waals surface area contributed by atoms with E-state index in [0.717, 1.165) is 31.2 Å². The van der Waals surface area contributed by atoms with Crippen molar-refractivity contribution in [1.29, 1.82) is 0 Å². The monoisotopic (exact) mass is 356 g/mol. The third-order valence-electron chi connectivity index (χ3n) is 6.14. The van der Waals surface area contributed by atoms with Gasteiger partial charge in [0.2, 0.25) is 0 Å². The van der Waals surface area contributed by atoms with Crippen LogP contribution >= 0.6 is 0 Å². The van der Waals surface area contributed by atoms with Crippen molar-refractivity contribution < 1.29 is 13.2 Å². The molecule has 3 atom stereocenters. The summed E-state index contributed by atoms with van der Waals surface area (Å²) in [4.78, 5) is 0. The van der Waals surface area contributed by atoms with Crippen LogP contribution in [0.5, 0.6) is 0 Å². The van der Waals surface area contributed by atoms with Crippen molar-refractivity contribution in [2.75, 3.05) is 0 Å². The second-order valence-electron chi connectivity index (χ2n) is 7.63. The van der Waals surface area contributed by atoms with Crippen LogP contribution in [0.25, 0.3) is 11.1 Å². The lowest BCUT2D eigenvalue weighted by molar-refractivity contribution is 0.234. The fourth-order valence-electron chi connectivity index (χ4n) is 4.95. The first-order valence-corrected chi connectivity index (χ1v) is 9.48. The molecule has 1 saturated carbocycles. The first-order chi connectivity index (χ1) is 12.6. The van der Waals surface area contributed by atoms with E-state index in [0.29, 0.717) is 29.4 Å². The average molecular weight is 356 g/mol. The molecule has 0 nitrogen and oxygen atoms in total. The minimum absolute atomic E-state index is 0.0233. The second kappa shape index (κ2) is 6.94. The third-order valence-corrected chi connectivity index (χ3v) is 6.14. The first kappa shape index (κ1) is 17.4. The van der Waals surface area contributed by atoms with E-state index in [1.807, 2.05) is 6.92 Å². The van der Waals surface area contributed by atoms with Crippen LogP contribution in [0.3, 0.4) is 0 Å². The predicted octanol–water partition coefficient (Wildman–Crippen LogP) is 6.79. The summed E-state index contributed by atoms with van der Waals surface area (Å²) in [6.07, 6.45) is 9.16. The Kier molecular flexibility index (Phi) is 4.64. The van der Waals surface area contributed by atoms with Gasteiger partial charge in [-0.25, -0.2) is 13.2 Å². The van der Waals surface area contributed by atoms with Crippen molar-refractivity contribution in [3.05, 3.63) is 71.1 Å². The first-order valence-electron chi connectivity index (χ1n) is 9.48. The van der Waals surface area contributed by atoms with E-state index in [9.17, 15) is 8.78 Å². The van der Waals surface area contributed by atoms with Crippen LogP contribution in [0.4, 0.5) is 13.2 Å². The van der Waals surface area contributed by atoms with Gasteiger partial charge in [0.15, 0.2) is 0 Å². The Balaban J connectivity index is 1.72. The zero-order valence-corrected chi connectivity index (χ0v) is 14.9. The van der Waals surface area contributed by atoms with Gasteiger partial charge >= 0.3 is 0 Å². The van der Waals surface area contributed by atoms with E-state index in [2.05, 4.69) is 12.2 Å². The predicted molar refractivity (Wildman–Crippen MR) is 98.5 cm³/mol. The molecule has 0 amide bonds. The highest BCUT2D eigenvalue weighted by atomic mass is 19.1. The van der Waals surface area contributed by atoms with Gasteiger partial charge in [-0.2, -0.15) is 0 Å². The van der Waals surface area contributed by atoms with Gasteiger partial charge in [-0.05, 0) is 91.7 Å². The van der Waals surface area contributed by atoms with E-state index in [1.54, 1.807) is 6.07 Å². The van der Waals surface area contributed by atoms with Gasteiger partial charge in [0.05, 0.1) is 5.56 Å². The molecule has 0 radical (unpaired) electrons. The number of halogens is 3. The number of rotatable bonds is 2. The summed E-state index contributed by atoms with van der Waals surface area (Å²) in [7, 11) is 0. The molecule has 0 aromatic heterocycles. The molecule has 0 N–H and O–H groups in total. The molecular weight excluding hydrogens is 333 g/mol. The topological polar surface area (TPSA) is 0 Å². The Labute approximate surface area is 152 Å². The molecule has 0 spiro atoms. The summed E-state index contributed by atoms with van der Waals surface area (Å²) in [5.74, 6) is -0.0478. The van der Waals surface area contributed by atoms with Crippen LogP contribution < -0.4 is 0 Å². The Hall–Kier alpha value is -2.03. The van der Waals surface area contributed by atoms with Crippen LogP contribution in [0.2, 0.25) is 0 Å². The maximum Gasteiger partial charge on any atom is 0.137 e. The molecular formula is C23H23F3. The molecule has 1 fully saturated rings. The van der Waals surface area contributed by atoms with Crippen LogP contribution in [-0.2, 0) is 6.42 Å². The third kappa shape index (κ3) is 2.98. The largest absolute Gasteiger partial charge is 0.207 e. The van der Waals surface area contributed by atoms with Gasteiger partial charge in [0, 0.05) is 0 Å². The Morgan fingerprint density at radius 2 is 1.77 bits per heavy atom. The van der Waals surface area contributed by atoms with Gasteiger partial charge < -0.3 is 0 Å². The Morgan fingerprint density at radius 3 is 2.50 bits per heavy atom. The lowest BCUT2D eigenvalue weighted by Crippen LogP contribution is -2.28. The number of benzene rings is 2. The molecule has 0 aliphatic heterocycles. The van der Waals surface area contributed by atoms with Crippen molar-refractivity contribution in [3.8, 4) is 11.1 Å². The maximum absolute atomic E-state index is 15.2. The van der Waals surface area contributed by atoms with Gasteiger partial charge in [0.1, 0.15) is 17.5 Å². The molecule has 2 aromatic carbocycles. The minimum Gasteiger partial charge on any atom is -0.207 e. The van der Waals surface area contributed by atoms with Crippen molar-refractivity contribution in [2.24, 2.45) is 11.8 Å². The summed E-state index contributed by atoms with van der Waals surface area (Å²) < 4.78 is 43.2. The second-order valence-corrected chi connectivity index (χ2v) is 7.63. The minimum atomic E-state index is -0.538. The Morgan fingerprint density at radius 1 is 1.00 bits per heavy atom. The summed E-state index contributed by atoms with van der Waals surface area (Å²) in [5, 5.41) is 0. The van der Waals surface area contributed by atoms with Gasteiger partial charge in [-0.15, -0.1) is 0 Å². The van der Waals surface area contributed by atoms with Crippen LogP contribution in [0.15, 0.2) is 42.5 Å². The molecule has 3 heteroatoms. The summed E-state index contributed by atoms with van der Waals surface area (Å²) in [5.41, 5.74) is 1.89. The standard InChI is InChI=1S/C23H23F3/c1-2-3-14-4-10-18-16(12-14)7-11-19-20(18)13-21(25)22(23(19)26)15-5-8-17(24)9-6-15/h2-3,5-6,8-9,13-14,16,18H,4,7,10-12H2,1H3/b3-2+. The summed E-state index contributed by atoms with van der Waals surface area (Å²) in [6, 6.07) is 6.91. The zero-order chi connectivity index (χ0) is 18.3. The van der Waals surface area contributed by atoms with Gasteiger partial charge in [-0.1, -0.05) is 24.3 Å². The normalized spacial score (nSPS) is 25.2. The van der Waals surface area contributed by atoms with E-state index in [1.165, 1.54) is 24.3 Å². The quantitative estimate of drug-likeness (QED) is 0.520. The molecule has 4 rings (SSSR count). The molecule has 136 valence electrons. The van der Waals surface area contributed by atoms with E-state index in [4.69, 9.17) is 0 Å². The number of allylic oxidation sites excluding steroid dienone is 2. The SMILES string of the molecule is C/C=C/C1CCC2c3cc(F)c(-c4ccc(F)cc4)c(F)c3CCC2C1. The van der Waals surface area contributed by atoms with E-state index in [-0.39, 0.29) is 11.5 Å². The highest BCUT2D eigenvalue weighted by Gasteiger charge is 2.37. The molecule has 26 heavy (non-hydrogen) atoms. The number of hydrogen-bond donors (Lipinski definition) is 0. The van der Waals surface area contributed by atoms with Crippen LogP contribution in [0, 0.1) is 29.3 Å². The number of fused-ring (bicyclic) bond motifs is 3. The molecule has 0 heterocycles. The molecule has 0 bridgehead atoms. The van der Waals surface area contributed by atoms with Crippen molar-refractivity contribution in [1.82, 2.24) is 0 Å². The maximum atomic E-state index is 15.2. The molecule has 2 aliphatic rings. The van der Waals surface area contributed by atoms with Crippen molar-refractivity contribution >= 4 is 0 Å². The average Bonchev–Trinajstić information content (AvgIpc) is 2.63. The highest BCUT2D eigenvalue weighted by molar-refractivity contribution is 5.67. The molecule has 2 aliphatic carbocycles. The fourth-order valence-corrected chi connectivity index (χ4v) is 4.95. The fraction of sp³-hybridized carbons (Fsp3) is 0.391. The van der Waals surface area contributed by atoms with E-state index >= 15 is 4.39 Å². The number of hydrogen-bond acceptors (Lipinski definition) is 0. The van der Waals surface area contributed by atoms with E-state index < -0.39 is 17.5 Å². The van der Waals surface area contributed by atoms with Gasteiger partial charge in [-0.3, -0.25) is 0 Å². The highest BCUT2D eigenvalue weighted by Crippen LogP contribution is 2.49. The molecule has 2 aromatic rings. The van der Waals surface area contributed by atoms with Crippen molar-refractivity contribution in [3.63, 3.8) is 0 Å². The van der Waals surface area contributed by atoms with Crippen molar-refractivity contribution in [2.45, 2.75) is 44.9 Å². The molecule has 3 unspecified atom stereocenters. The molecule has 0 saturated heterocycles. The smallest absolute Gasteiger partial charge is 0.137 e.